The molecule has 1 unspecified atom stereocenters. The van der Waals surface area contributed by atoms with Crippen molar-refractivity contribution in [3.8, 4) is 0 Å². The fourth-order valence-electron chi connectivity index (χ4n) is 3.01. The first-order valence-corrected chi connectivity index (χ1v) is 9.36. The summed E-state index contributed by atoms with van der Waals surface area (Å²) < 4.78 is 0. The molecule has 2 aromatic rings. The Hall–Kier alpha value is -1.62. The van der Waals surface area contributed by atoms with Gasteiger partial charge < -0.3 is 15.2 Å². The second-order valence-corrected chi connectivity index (χ2v) is 7.73. The zero-order chi connectivity index (χ0) is 16.2. The van der Waals surface area contributed by atoms with Crippen LogP contribution in [-0.4, -0.2) is 47.0 Å². The minimum absolute atomic E-state index is 0.690. The number of H-pyrrole nitrogens is 1. The summed E-state index contributed by atoms with van der Waals surface area (Å²) in [6.07, 6.45) is 0. The third-order valence-electron chi connectivity index (χ3n) is 4.37. The summed E-state index contributed by atoms with van der Waals surface area (Å²) in [5.41, 5.74) is 2.38. The summed E-state index contributed by atoms with van der Waals surface area (Å²) in [7, 11) is 1.87. The molecular weight excluding hydrogens is 304 g/mol. The second-order valence-electron chi connectivity index (χ2n) is 6.38. The van der Waals surface area contributed by atoms with Crippen molar-refractivity contribution in [2.24, 2.45) is 10.9 Å². The van der Waals surface area contributed by atoms with E-state index in [4.69, 9.17) is 0 Å². The van der Waals surface area contributed by atoms with Gasteiger partial charge in [-0.25, -0.2) is 0 Å². The molecular formula is C18H26N4S. The van der Waals surface area contributed by atoms with Crippen molar-refractivity contribution >= 4 is 28.6 Å². The van der Waals surface area contributed by atoms with Crippen molar-refractivity contribution in [3.63, 3.8) is 0 Å². The number of para-hydroxylation sites is 1. The Kier molecular flexibility index (Phi) is 5.16. The van der Waals surface area contributed by atoms with Gasteiger partial charge in [-0.15, -0.1) is 0 Å². The van der Waals surface area contributed by atoms with Crippen LogP contribution >= 0.6 is 11.8 Å². The average molecular weight is 331 g/mol. The SMILES string of the molecule is CN=C(NCc1cc2ccccc2[nH]1)N1CCSC(C(C)C)C1. The lowest BCUT2D eigenvalue weighted by Gasteiger charge is -2.36. The molecule has 1 atom stereocenters. The Labute approximate surface area is 142 Å². The van der Waals surface area contributed by atoms with E-state index in [2.05, 4.69) is 76.1 Å². The van der Waals surface area contributed by atoms with E-state index in [0.717, 1.165) is 25.6 Å². The van der Waals surface area contributed by atoms with Crippen LogP contribution in [-0.2, 0) is 6.54 Å². The molecule has 1 saturated heterocycles. The number of benzene rings is 1. The molecule has 23 heavy (non-hydrogen) atoms. The second kappa shape index (κ2) is 7.30. The van der Waals surface area contributed by atoms with Crippen LogP contribution in [0.2, 0.25) is 0 Å². The van der Waals surface area contributed by atoms with Gasteiger partial charge in [-0.2, -0.15) is 11.8 Å². The minimum atomic E-state index is 0.690. The highest BCUT2D eigenvalue weighted by molar-refractivity contribution is 8.00. The van der Waals surface area contributed by atoms with Crippen molar-refractivity contribution in [3.05, 3.63) is 36.0 Å². The van der Waals surface area contributed by atoms with E-state index in [1.54, 1.807) is 0 Å². The molecule has 1 aliphatic heterocycles. The largest absolute Gasteiger partial charge is 0.357 e. The maximum atomic E-state index is 4.48. The van der Waals surface area contributed by atoms with E-state index in [9.17, 15) is 0 Å². The van der Waals surface area contributed by atoms with Gasteiger partial charge in [-0.3, -0.25) is 4.99 Å². The molecule has 0 amide bonds. The maximum absolute atomic E-state index is 4.48. The van der Waals surface area contributed by atoms with Crippen LogP contribution in [0.4, 0.5) is 0 Å². The molecule has 1 aromatic carbocycles. The molecule has 1 aliphatic rings. The number of fused-ring (bicyclic) bond motifs is 1. The Morgan fingerprint density at radius 2 is 2.26 bits per heavy atom. The number of hydrogen-bond donors (Lipinski definition) is 2. The average Bonchev–Trinajstić information content (AvgIpc) is 2.98. The number of aromatic amines is 1. The highest BCUT2D eigenvalue weighted by Crippen LogP contribution is 2.25. The maximum Gasteiger partial charge on any atom is 0.194 e. The minimum Gasteiger partial charge on any atom is -0.357 e. The predicted molar refractivity (Wildman–Crippen MR) is 101 cm³/mol. The Morgan fingerprint density at radius 3 is 3.00 bits per heavy atom. The highest BCUT2D eigenvalue weighted by atomic mass is 32.2. The lowest BCUT2D eigenvalue weighted by molar-refractivity contribution is 0.380. The van der Waals surface area contributed by atoms with Crippen molar-refractivity contribution < 1.29 is 0 Å². The van der Waals surface area contributed by atoms with Crippen LogP contribution in [0.1, 0.15) is 19.5 Å². The van der Waals surface area contributed by atoms with Crippen LogP contribution in [0.15, 0.2) is 35.3 Å². The molecule has 4 nitrogen and oxygen atoms in total. The molecule has 1 fully saturated rings. The van der Waals surface area contributed by atoms with Gasteiger partial charge >= 0.3 is 0 Å². The molecule has 0 bridgehead atoms. The number of nitrogens with zero attached hydrogens (tertiary/aromatic N) is 2. The Bertz CT molecular complexity index is 643. The first-order chi connectivity index (χ1) is 11.2. The van der Waals surface area contributed by atoms with Gasteiger partial charge in [0, 0.05) is 42.4 Å². The zero-order valence-electron chi connectivity index (χ0n) is 14.2. The van der Waals surface area contributed by atoms with Gasteiger partial charge in [0.15, 0.2) is 5.96 Å². The van der Waals surface area contributed by atoms with Gasteiger partial charge in [-0.05, 0) is 23.4 Å². The quantitative estimate of drug-likeness (QED) is 0.670. The molecule has 0 aliphatic carbocycles. The number of rotatable bonds is 3. The molecule has 3 rings (SSSR count). The zero-order valence-corrected chi connectivity index (χ0v) is 15.0. The van der Waals surface area contributed by atoms with Crippen LogP contribution in [0.3, 0.4) is 0 Å². The summed E-state index contributed by atoms with van der Waals surface area (Å²) in [6.45, 7) is 7.54. The van der Waals surface area contributed by atoms with E-state index in [1.807, 2.05) is 7.05 Å². The molecule has 2 N–H and O–H groups in total. The summed E-state index contributed by atoms with van der Waals surface area (Å²) in [4.78, 5) is 10.3. The predicted octanol–water partition coefficient (Wildman–Crippen LogP) is 3.32. The van der Waals surface area contributed by atoms with Gasteiger partial charge in [0.05, 0.1) is 6.54 Å². The molecule has 0 radical (unpaired) electrons. The van der Waals surface area contributed by atoms with Crippen molar-refractivity contribution in [1.82, 2.24) is 15.2 Å². The lowest BCUT2D eigenvalue weighted by atomic mass is 10.1. The monoisotopic (exact) mass is 330 g/mol. The number of aliphatic imine (C=N–C) groups is 1. The number of guanidine groups is 1. The first kappa shape index (κ1) is 16.2. The summed E-state index contributed by atoms with van der Waals surface area (Å²) >= 11 is 2.09. The summed E-state index contributed by atoms with van der Waals surface area (Å²) in [5.74, 6) is 2.89. The normalized spacial score (nSPS) is 19.6. The lowest BCUT2D eigenvalue weighted by Crippen LogP contribution is -2.48. The van der Waals surface area contributed by atoms with Crippen molar-refractivity contribution in [2.75, 3.05) is 25.9 Å². The third-order valence-corrected chi connectivity index (χ3v) is 5.91. The van der Waals surface area contributed by atoms with Gasteiger partial charge in [0.1, 0.15) is 0 Å². The van der Waals surface area contributed by atoms with Gasteiger partial charge in [0.2, 0.25) is 0 Å². The van der Waals surface area contributed by atoms with Crippen LogP contribution < -0.4 is 5.32 Å². The molecule has 5 heteroatoms. The molecule has 2 heterocycles. The number of aromatic nitrogens is 1. The molecule has 124 valence electrons. The molecule has 0 saturated carbocycles. The fourth-order valence-corrected chi connectivity index (χ4v) is 4.31. The number of hydrogen-bond acceptors (Lipinski definition) is 2. The Morgan fingerprint density at radius 1 is 1.43 bits per heavy atom. The summed E-state index contributed by atoms with van der Waals surface area (Å²) in [5, 5.41) is 5.46. The van der Waals surface area contributed by atoms with E-state index in [0.29, 0.717) is 11.2 Å². The van der Waals surface area contributed by atoms with Crippen molar-refractivity contribution in [1.29, 1.82) is 0 Å². The van der Waals surface area contributed by atoms with E-state index < -0.39 is 0 Å². The summed E-state index contributed by atoms with van der Waals surface area (Å²) in [6, 6.07) is 10.6. The fraction of sp³-hybridized carbons (Fsp3) is 0.500. The van der Waals surface area contributed by atoms with E-state index in [1.165, 1.54) is 22.3 Å². The Balaban J connectivity index is 1.63. The smallest absolute Gasteiger partial charge is 0.194 e. The van der Waals surface area contributed by atoms with Crippen LogP contribution in [0.5, 0.6) is 0 Å². The van der Waals surface area contributed by atoms with Gasteiger partial charge in [-0.1, -0.05) is 32.0 Å². The standard InChI is InChI=1S/C18H26N4S/c1-13(2)17-12-22(8-9-23-17)18(19-3)20-11-15-10-14-6-4-5-7-16(14)21-15/h4-7,10,13,17,21H,8-9,11-12H2,1-3H3,(H,19,20). The van der Waals surface area contributed by atoms with Crippen molar-refractivity contribution in [2.45, 2.75) is 25.6 Å². The molecule has 0 spiro atoms. The molecule has 1 aromatic heterocycles. The van der Waals surface area contributed by atoms with E-state index in [-0.39, 0.29) is 0 Å². The van der Waals surface area contributed by atoms with Crippen LogP contribution in [0.25, 0.3) is 10.9 Å². The highest BCUT2D eigenvalue weighted by Gasteiger charge is 2.24. The number of thioether (sulfide) groups is 1. The van der Waals surface area contributed by atoms with Gasteiger partial charge in [0.25, 0.3) is 0 Å². The number of nitrogens with one attached hydrogen (secondary N) is 2. The van der Waals surface area contributed by atoms with Crippen LogP contribution in [0, 0.1) is 5.92 Å². The third kappa shape index (κ3) is 3.83. The van der Waals surface area contributed by atoms with E-state index >= 15 is 0 Å². The topological polar surface area (TPSA) is 43.4 Å². The first-order valence-electron chi connectivity index (χ1n) is 8.31.